The molecule has 0 aromatic heterocycles. The molecule has 0 heterocycles. The van der Waals surface area contributed by atoms with Gasteiger partial charge < -0.3 is 14.4 Å². The molecule has 112 valence electrons. The van der Waals surface area contributed by atoms with Crippen LogP contribution in [-0.2, 0) is 0 Å². The summed E-state index contributed by atoms with van der Waals surface area (Å²) in [6.45, 7) is 4.96. The third kappa shape index (κ3) is 4.05. The van der Waals surface area contributed by atoms with Crippen molar-refractivity contribution < 1.29 is 9.47 Å². The van der Waals surface area contributed by atoms with E-state index in [1.165, 1.54) is 0 Å². The van der Waals surface area contributed by atoms with E-state index in [1.807, 2.05) is 55.5 Å². The van der Waals surface area contributed by atoms with Gasteiger partial charge in [-0.25, -0.2) is 0 Å². The molecule has 0 amide bonds. The Balaban J connectivity index is 2.13. The number of halogens is 1. The summed E-state index contributed by atoms with van der Waals surface area (Å²) in [6.07, 6.45) is -0.0942. The molecule has 0 radical (unpaired) electrons. The lowest BCUT2D eigenvalue weighted by Crippen LogP contribution is -2.37. The molecule has 0 fully saturated rings. The summed E-state index contributed by atoms with van der Waals surface area (Å²) in [6, 6.07) is 15.4. The molecule has 0 aliphatic rings. The maximum atomic E-state index is 5.98. The Morgan fingerprint density at radius 1 is 1.10 bits per heavy atom. The molecule has 1 atom stereocenters. The molecule has 0 spiro atoms. The molecule has 4 heteroatoms. The molecule has 0 bridgehead atoms. The average Bonchev–Trinajstić information content (AvgIpc) is 2.50. The normalized spacial score (nSPS) is 11.8. The third-order valence-corrected chi connectivity index (χ3v) is 3.54. The van der Waals surface area contributed by atoms with E-state index in [2.05, 4.69) is 11.8 Å². The molecule has 2 rings (SSSR count). The minimum atomic E-state index is -0.0942. The van der Waals surface area contributed by atoms with E-state index >= 15 is 0 Å². The fourth-order valence-electron chi connectivity index (χ4n) is 2.21. The Kier molecular flexibility index (Phi) is 5.34. The lowest BCUT2D eigenvalue weighted by Gasteiger charge is -2.30. The Hall–Kier alpha value is -1.87. The van der Waals surface area contributed by atoms with Crippen LogP contribution in [0.15, 0.2) is 48.5 Å². The quantitative estimate of drug-likeness (QED) is 0.728. The van der Waals surface area contributed by atoms with Crippen molar-refractivity contribution in [1.29, 1.82) is 0 Å². The van der Waals surface area contributed by atoms with Crippen LogP contribution in [0.3, 0.4) is 0 Å². The van der Waals surface area contributed by atoms with Crippen molar-refractivity contribution in [3.8, 4) is 11.5 Å². The zero-order valence-corrected chi connectivity index (χ0v) is 13.3. The smallest absolute Gasteiger partial charge is 0.169 e. The van der Waals surface area contributed by atoms with Crippen molar-refractivity contribution in [2.45, 2.75) is 20.1 Å². The zero-order chi connectivity index (χ0) is 15.2. The van der Waals surface area contributed by atoms with Crippen LogP contribution < -0.4 is 14.4 Å². The largest absolute Gasteiger partial charge is 0.497 e. The SMILES string of the molecule is CCN(c1cccc(OC)c1)C(C)Oc1ccc(Cl)cc1. The maximum Gasteiger partial charge on any atom is 0.169 e. The molecule has 0 saturated heterocycles. The van der Waals surface area contributed by atoms with Gasteiger partial charge in [0.15, 0.2) is 6.23 Å². The second-order valence-electron chi connectivity index (χ2n) is 4.66. The summed E-state index contributed by atoms with van der Waals surface area (Å²) >= 11 is 5.89. The highest BCUT2D eigenvalue weighted by Crippen LogP contribution is 2.24. The summed E-state index contributed by atoms with van der Waals surface area (Å²) in [5.74, 6) is 1.64. The molecule has 0 N–H and O–H groups in total. The highest BCUT2D eigenvalue weighted by atomic mass is 35.5. The van der Waals surface area contributed by atoms with Crippen LogP contribution in [0.5, 0.6) is 11.5 Å². The number of hydrogen-bond acceptors (Lipinski definition) is 3. The number of nitrogens with zero attached hydrogens (tertiary/aromatic N) is 1. The first-order valence-electron chi connectivity index (χ1n) is 6.97. The van der Waals surface area contributed by atoms with Crippen LogP contribution in [0.1, 0.15) is 13.8 Å². The van der Waals surface area contributed by atoms with Crippen molar-refractivity contribution in [1.82, 2.24) is 0 Å². The number of hydrogen-bond donors (Lipinski definition) is 0. The van der Waals surface area contributed by atoms with Gasteiger partial charge in [0.05, 0.1) is 7.11 Å². The van der Waals surface area contributed by atoms with Crippen LogP contribution in [0.25, 0.3) is 0 Å². The molecule has 3 nitrogen and oxygen atoms in total. The van der Waals surface area contributed by atoms with Crippen LogP contribution in [0.2, 0.25) is 5.02 Å². The van der Waals surface area contributed by atoms with E-state index in [1.54, 1.807) is 7.11 Å². The van der Waals surface area contributed by atoms with Gasteiger partial charge in [0.25, 0.3) is 0 Å². The van der Waals surface area contributed by atoms with Crippen molar-refractivity contribution in [2.24, 2.45) is 0 Å². The molecule has 2 aromatic carbocycles. The predicted octanol–water partition coefficient (Wildman–Crippen LogP) is 4.60. The molecule has 2 aromatic rings. The molecular weight excluding hydrogens is 286 g/mol. The van der Waals surface area contributed by atoms with Gasteiger partial charge in [0.1, 0.15) is 11.5 Å². The van der Waals surface area contributed by atoms with Gasteiger partial charge in [0, 0.05) is 23.3 Å². The van der Waals surface area contributed by atoms with Gasteiger partial charge in [0.2, 0.25) is 0 Å². The Bertz CT molecular complexity index is 571. The highest BCUT2D eigenvalue weighted by molar-refractivity contribution is 6.30. The third-order valence-electron chi connectivity index (χ3n) is 3.28. The fourth-order valence-corrected chi connectivity index (χ4v) is 2.34. The van der Waals surface area contributed by atoms with Gasteiger partial charge in [-0.3, -0.25) is 0 Å². The van der Waals surface area contributed by atoms with Crippen molar-refractivity contribution in [2.75, 3.05) is 18.6 Å². The Labute approximate surface area is 131 Å². The van der Waals surface area contributed by atoms with Gasteiger partial charge in [-0.1, -0.05) is 17.7 Å². The van der Waals surface area contributed by atoms with E-state index in [0.29, 0.717) is 5.02 Å². The summed E-state index contributed by atoms with van der Waals surface area (Å²) < 4.78 is 11.3. The summed E-state index contributed by atoms with van der Waals surface area (Å²) in [5.41, 5.74) is 1.07. The lowest BCUT2D eigenvalue weighted by atomic mass is 10.2. The molecule has 1 unspecified atom stereocenters. The topological polar surface area (TPSA) is 21.7 Å². The van der Waals surface area contributed by atoms with Crippen LogP contribution in [0, 0.1) is 0 Å². The Morgan fingerprint density at radius 2 is 1.81 bits per heavy atom. The minimum Gasteiger partial charge on any atom is -0.497 e. The first-order valence-corrected chi connectivity index (χ1v) is 7.34. The molecule has 0 aliphatic heterocycles. The van der Waals surface area contributed by atoms with E-state index in [-0.39, 0.29) is 6.23 Å². The molecule has 21 heavy (non-hydrogen) atoms. The number of ether oxygens (including phenoxy) is 2. The molecular formula is C17H20ClNO2. The zero-order valence-electron chi connectivity index (χ0n) is 12.5. The van der Waals surface area contributed by atoms with Crippen molar-refractivity contribution in [3.05, 3.63) is 53.6 Å². The fraction of sp³-hybridized carbons (Fsp3) is 0.294. The first-order chi connectivity index (χ1) is 10.1. The van der Waals surface area contributed by atoms with Gasteiger partial charge in [-0.05, 0) is 50.2 Å². The standard InChI is InChI=1S/C17H20ClNO2/c1-4-19(15-6-5-7-17(12-15)20-3)13(2)21-16-10-8-14(18)9-11-16/h5-13H,4H2,1-3H3. The van der Waals surface area contributed by atoms with Crippen LogP contribution in [-0.4, -0.2) is 19.9 Å². The summed E-state index contributed by atoms with van der Waals surface area (Å²) in [5, 5.41) is 0.704. The van der Waals surface area contributed by atoms with Gasteiger partial charge in [-0.15, -0.1) is 0 Å². The van der Waals surface area contributed by atoms with E-state index in [9.17, 15) is 0 Å². The second kappa shape index (κ2) is 7.23. The monoisotopic (exact) mass is 305 g/mol. The van der Waals surface area contributed by atoms with Gasteiger partial charge >= 0.3 is 0 Å². The predicted molar refractivity (Wildman–Crippen MR) is 87.6 cm³/mol. The number of anilines is 1. The molecule has 0 saturated carbocycles. The van der Waals surface area contributed by atoms with Crippen LogP contribution >= 0.6 is 11.6 Å². The van der Waals surface area contributed by atoms with E-state index in [4.69, 9.17) is 21.1 Å². The van der Waals surface area contributed by atoms with E-state index in [0.717, 1.165) is 23.7 Å². The summed E-state index contributed by atoms with van der Waals surface area (Å²) in [7, 11) is 1.67. The van der Waals surface area contributed by atoms with E-state index < -0.39 is 0 Å². The molecule has 0 aliphatic carbocycles. The first kappa shape index (κ1) is 15.5. The van der Waals surface area contributed by atoms with Crippen LogP contribution in [0.4, 0.5) is 5.69 Å². The highest BCUT2D eigenvalue weighted by Gasteiger charge is 2.14. The van der Waals surface area contributed by atoms with Gasteiger partial charge in [-0.2, -0.15) is 0 Å². The average molecular weight is 306 g/mol. The Morgan fingerprint density at radius 3 is 2.43 bits per heavy atom. The number of methoxy groups -OCH3 is 1. The minimum absolute atomic E-state index is 0.0942. The lowest BCUT2D eigenvalue weighted by molar-refractivity contribution is 0.216. The summed E-state index contributed by atoms with van der Waals surface area (Å²) in [4.78, 5) is 2.16. The van der Waals surface area contributed by atoms with Crippen molar-refractivity contribution >= 4 is 17.3 Å². The number of benzene rings is 2. The number of rotatable bonds is 6. The van der Waals surface area contributed by atoms with Crippen molar-refractivity contribution in [3.63, 3.8) is 0 Å². The maximum absolute atomic E-state index is 5.98. The second-order valence-corrected chi connectivity index (χ2v) is 5.10.